The van der Waals surface area contributed by atoms with E-state index in [0.717, 1.165) is 51.4 Å². The van der Waals surface area contributed by atoms with Crippen molar-refractivity contribution in [3.8, 4) is 0 Å². The average molecular weight is 395 g/mol. The third-order valence-corrected chi connectivity index (χ3v) is 6.81. The van der Waals surface area contributed by atoms with Crippen LogP contribution in [0.15, 0.2) is 23.4 Å². The molecule has 1 aromatic heterocycles. The number of anilines is 1. The molecule has 2 fully saturated rings. The second kappa shape index (κ2) is 9.39. The molecule has 3 N–H and O–H groups in total. The number of rotatable bonds is 5. The Morgan fingerprint density at radius 1 is 0.926 bits per heavy atom. The van der Waals surface area contributed by atoms with Gasteiger partial charge in [-0.1, -0.05) is 44.9 Å². The van der Waals surface area contributed by atoms with Crippen molar-refractivity contribution in [1.82, 2.24) is 15.0 Å². The Balaban J connectivity index is 1.65. The minimum absolute atomic E-state index is 0.0200. The normalized spacial score (nSPS) is 19.9. The first-order chi connectivity index (χ1) is 13.0. The van der Waals surface area contributed by atoms with Crippen LogP contribution in [0.2, 0.25) is 0 Å². The van der Waals surface area contributed by atoms with E-state index in [1.165, 1.54) is 25.5 Å². The van der Waals surface area contributed by atoms with Crippen molar-refractivity contribution in [2.75, 3.05) is 5.32 Å². The molecule has 0 radical (unpaired) electrons. The highest BCUT2D eigenvalue weighted by atomic mass is 32.2. The van der Waals surface area contributed by atoms with Crippen LogP contribution in [-0.4, -0.2) is 31.5 Å². The number of urea groups is 1. The molecule has 2 aliphatic carbocycles. The van der Waals surface area contributed by atoms with Gasteiger partial charge in [0.25, 0.3) is 10.0 Å². The first-order valence-electron chi connectivity index (χ1n) is 10.1. The van der Waals surface area contributed by atoms with Crippen molar-refractivity contribution in [2.45, 2.75) is 87.6 Å². The first-order valence-corrected chi connectivity index (χ1v) is 11.6. The van der Waals surface area contributed by atoms with Crippen LogP contribution in [0.3, 0.4) is 0 Å². The lowest BCUT2D eigenvalue weighted by atomic mass is 9.95. The highest BCUT2D eigenvalue weighted by Crippen LogP contribution is 2.25. The van der Waals surface area contributed by atoms with Crippen LogP contribution in [0, 0.1) is 0 Å². The standard InChI is InChI=1S/C19H30N4O3S/c24-19(22-16-10-4-1-2-5-11-16)23-27(25,26)18-14-20-13-12-17(18)21-15-8-6-3-7-9-15/h12-16H,1-11H2,(H,20,21)(H2,22,23,24). The number of carbonyl (C=O) groups excluding carboxylic acids is 1. The SMILES string of the molecule is O=C(NC1CCCCCC1)NS(=O)(=O)c1cnccc1NC1CCCCC1. The fourth-order valence-corrected chi connectivity index (χ4v) is 5.02. The Labute approximate surface area is 161 Å². The van der Waals surface area contributed by atoms with Gasteiger partial charge in [-0.15, -0.1) is 0 Å². The van der Waals surface area contributed by atoms with E-state index in [2.05, 4.69) is 20.3 Å². The van der Waals surface area contributed by atoms with Crippen molar-refractivity contribution in [1.29, 1.82) is 0 Å². The van der Waals surface area contributed by atoms with Crippen LogP contribution < -0.4 is 15.4 Å². The first kappa shape index (κ1) is 19.9. The number of aromatic nitrogens is 1. The van der Waals surface area contributed by atoms with Crippen molar-refractivity contribution in [3.05, 3.63) is 18.5 Å². The van der Waals surface area contributed by atoms with E-state index < -0.39 is 16.1 Å². The number of sulfonamides is 1. The number of pyridine rings is 1. The van der Waals surface area contributed by atoms with Crippen LogP contribution in [0.1, 0.15) is 70.6 Å². The molecule has 7 nitrogen and oxygen atoms in total. The van der Waals surface area contributed by atoms with Crippen molar-refractivity contribution < 1.29 is 13.2 Å². The summed E-state index contributed by atoms with van der Waals surface area (Å²) < 4.78 is 27.7. The molecule has 150 valence electrons. The van der Waals surface area contributed by atoms with Gasteiger partial charge in [0.05, 0.1) is 5.69 Å². The fourth-order valence-electron chi connectivity index (χ4n) is 4.00. The molecular weight excluding hydrogens is 364 g/mol. The molecule has 2 aliphatic rings. The zero-order valence-electron chi connectivity index (χ0n) is 15.7. The molecule has 27 heavy (non-hydrogen) atoms. The lowest BCUT2D eigenvalue weighted by Gasteiger charge is -2.25. The van der Waals surface area contributed by atoms with Gasteiger partial charge in [-0.25, -0.2) is 17.9 Å². The Bertz CT molecular complexity index is 724. The zero-order chi connectivity index (χ0) is 19.1. The second-order valence-corrected chi connectivity index (χ2v) is 9.27. The summed E-state index contributed by atoms with van der Waals surface area (Å²) in [6.45, 7) is 0. The maximum Gasteiger partial charge on any atom is 0.328 e. The minimum Gasteiger partial charge on any atom is -0.381 e. The summed E-state index contributed by atoms with van der Waals surface area (Å²) in [6, 6.07) is 1.30. The van der Waals surface area contributed by atoms with Gasteiger partial charge in [-0.05, 0) is 31.7 Å². The van der Waals surface area contributed by atoms with E-state index in [1.807, 2.05) is 0 Å². The molecule has 2 amide bonds. The van der Waals surface area contributed by atoms with Crippen molar-refractivity contribution in [3.63, 3.8) is 0 Å². The van der Waals surface area contributed by atoms with Crippen LogP contribution in [0.25, 0.3) is 0 Å². The van der Waals surface area contributed by atoms with Gasteiger partial charge >= 0.3 is 6.03 Å². The number of carbonyl (C=O) groups is 1. The molecule has 0 aromatic carbocycles. The summed E-state index contributed by atoms with van der Waals surface area (Å²) in [6.07, 6.45) is 14.7. The van der Waals surface area contributed by atoms with Gasteiger partial charge in [0.1, 0.15) is 4.90 Å². The van der Waals surface area contributed by atoms with Crippen LogP contribution in [0.4, 0.5) is 10.5 Å². The smallest absolute Gasteiger partial charge is 0.328 e. The quantitative estimate of drug-likeness (QED) is 0.663. The summed E-state index contributed by atoms with van der Waals surface area (Å²) in [7, 11) is -3.99. The summed E-state index contributed by atoms with van der Waals surface area (Å²) in [4.78, 5) is 16.2. The average Bonchev–Trinajstić information content (AvgIpc) is 2.91. The summed E-state index contributed by atoms with van der Waals surface area (Å²) >= 11 is 0. The van der Waals surface area contributed by atoms with E-state index in [0.29, 0.717) is 5.69 Å². The summed E-state index contributed by atoms with van der Waals surface area (Å²) in [5, 5.41) is 6.14. The monoisotopic (exact) mass is 394 g/mol. The molecule has 3 rings (SSSR count). The molecule has 8 heteroatoms. The Kier molecular flexibility index (Phi) is 6.93. The highest BCUT2D eigenvalue weighted by molar-refractivity contribution is 7.90. The van der Waals surface area contributed by atoms with Crippen LogP contribution >= 0.6 is 0 Å². The topological polar surface area (TPSA) is 100 Å². The van der Waals surface area contributed by atoms with Gasteiger partial charge in [0.2, 0.25) is 0 Å². The van der Waals surface area contributed by atoms with Crippen molar-refractivity contribution in [2.24, 2.45) is 0 Å². The predicted molar refractivity (Wildman–Crippen MR) is 105 cm³/mol. The molecular formula is C19H30N4O3S. The molecule has 0 unspecified atom stereocenters. The highest BCUT2D eigenvalue weighted by Gasteiger charge is 2.25. The van der Waals surface area contributed by atoms with Gasteiger partial charge in [-0.2, -0.15) is 0 Å². The molecule has 1 heterocycles. The Morgan fingerprint density at radius 2 is 1.52 bits per heavy atom. The van der Waals surface area contributed by atoms with Crippen LogP contribution in [0.5, 0.6) is 0 Å². The van der Waals surface area contributed by atoms with E-state index in [-0.39, 0.29) is 17.0 Å². The number of nitrogens with zero attached hydrogens (tertiary/aromatic N) is 1. The van der Waals surface area contributed by atoms with Gasteiger partial charge in [0, 0.05) is 24.5 Å². The Morgan fingerprint density at radius 3 is 2.19 bits per heavy atom. The van der Waals surface area contributed by atoms with Crippen molar-refractivity contribution >= 4 is 21.7 Å². The third kappa shape index (κ3) is 5.82. The number of hydrogen-bond acceptors (Lipinski definition) is 5. The third-order valence-electron chi connectivity index (χ3n) is 5.46. The lowest BCUT2D eigenvalue weighted by molar-refractivity contribution is 0.240. The molecule has 2 saturated carbocycles. The van der Waals surface area contributed by atoms with E-state index in [9.17, 15) is 13.2 Å². The minimum atomic E-state index is -3.99. The number of amides is 2. The fraction of sp³-hybridized carbons (Fsp3) is 0.684. The largest absolute Gasteiger partial charge is 0.381 e. The van der Waals surface area contributed by atoms with Gasteiger partial charge < -0.3 is 10.6 Å². The Hall–Kier alpha value is -1.83. The lowest BCUT2D eigenvalue weighted by Crippen LogP contribution is -2.44. The summed E-state index contributed by atoms with van der Waals surface area (Å²) in [5.74, 6) is 0. The van der Waals surface area contributed by atoms with E-state index in [1.54, 1.807) is 12.3 Å². The van der Waals surface area contributed by atoms with Gasteiger partial charge in [-0.3, -0.25) is 4.98 Å². The number of nitrogens with one attached hydrogen (secondary N) is 3. The summed E-state index contributed by atoms with van der Waals surface area (Å²) in [5.41, 5.74) is 0.506. The van der Waals surface area contributed by atoms with Crippen LogP contribution in [-0.2, 0) is 10.0 Å². The molecule has 1 aromatic rings. The molecule has 0 spiro atoms. The molecule has 0 saturated heterocycles. The molecule has 0 atom stereocenters. The second-order valence-electron chi connectivity index (χ2n) is 7.62. The zero-order valence-corrected chi connectivity index (χ0v) is 16.6. The molecule has 0 bridgehead atoms. The maximum atomic E-state index is 12.8. The predicted octanol–water partition coefficient (Wildman–Crippen LogP) is 3.54. The number of hydrogen-bond donors (Lipinski definition) is 3. The molecule has 0 aliphatic heterocycles. The van der Waals surface area contributed by atoms with E-state index >= 15 is 0 Å². The maximum absolute atomic E-state index is 12.8. The van der Waals surface area contributed by atoms with E-state index in [4.69, 9.17) is 0 Å². The van der Waals surface area contributed by atoms with Gasteiger partial charge in [0.15, 0.2) is 0 Å².